The van der Waals surface area contributed by atoms with E-state index >= 15 is 0 Å². The molecule has 0 saturated heterocycles. The van der Waals surface area contributed by atoms with Gasteiger partial charge < -0.3 is 14.6 Å². The second-order valence-corrected chi connectivity index (χ2v) is 3.90. The highest BCUT2D eigenvalue weighted by Gasteiger charge is 2.17. The first kappa shape index (κ1) is 14.4. The van der Waals surface area contributed by atoms with Crippen molar-refractivity contribution in [2.45, 2.75) is 26.2 Å². The minimum absolute atomic E-state index is 0.288. The summed E-state index contributed by atoms with van der Waals surface area (Å²) in [4.78, 5) is 10.7. The molecule has 0 fully saturated rings. The van der Waals surface area contributed by atoms with Crippen LogP contribution in [-0.4, -0.2) is 38.5 Å². The van der Waals surface area contributed by atoms with E-state index in [1.165, 1.54) is 0 Å². The number of rotatable bonds is 9. The summed E-state index contributed by atoms with van der Waals surface area (Å²) in [5, 5.41) is 8.82. The molecule has 0 aliphatic rings. The molecule has 0 radical (unpaired) electrons. The lowest BCUT2D eigenvalue weighted by Gasteiger charge is -2.18. The van der Waals surface area contributed by atoms with E-state index < -0.39 is 5.97 Å². The highest BCUT2D eigenvalue weighted by Crippen LogP contribution is 2.19. The van der Waals surface area contributed by atoms with Gasteiger partial charge in [0.1, 0.15) is 0 Å². The van der Waals surface area contributed by atoms with Gasteiger partial charge in [-0.2, -0.15) is 0 Å². The van der Waals surface area contributed by atoms with E-state index in [9.17, 15) is 4.79 Å². The lowest BCUT2D eigenvalue weighted by Crippen LogP contribution is -2.17. The molecule has 0 heterocycles. The van der Waals surface area contributed by atoms with E-state index in [0.29, 0.717) is 25.6 Å². The van der Waals surface area contributed by atoms with E-state index in [-0.39, 0.29) is 5.92 Å². The molecule has 0 saturated carbocycles. The summed E-state index contributed by atoms with van der Waals surface area (Å²) in [6.45, 7) is 3.11. The zero-order chi connectivity index (χ0) is 11.7. The number of ether oxygens (including phenoxy) is 2. The van der Waals surface area contributed by atoms with Crippen LogP contribution in [-0.2, 0) is 14.3 Å². The van der Waals surface area contributed by atoms with E-state index in [2.05, 4.69) is 0 Å². The minimum atomic E-state index is -0.727. The van der Waals surface area contributed by atoms with Gasteiger partial charge in [-0.05, 0) is 25.2 Å². The van der Waals surface area contributed by atoms with Gasteiger partial charge >= 0.3 is 5.97 Å². The monoisotopic (exact) mass is 218 g/mol. The number of hydrogen-bond acceptors (Lipinski definition) is 3. The summed E-state index contributed by atoms with van der Waals surface area (Å²) in [6.07, 6.45) is 2.50. The third-order valence-corrected chi connectivity index (χ3v) is 2.57. The van der Waals surface area contributed by atoms with Gasteiger partial charge in [0, 0.05) is 27.4 Å². The Kier molecular flexibility index (Phi) is 8.33. The van der Waals surface area contributed by atoms with Gasteiger partial charge in [-0.3, -0.25) is 4.79 Å². The average molecular weight is 218 g/mol. The fourth-order valence-corrected chi connectivity index (χ4v) is 1.55. The largest absolute Gasteiger partial charge is 0.481 e. The molecule has 90 valence electrons. The third-order valence-electron chi connectivity index (χ3n) is 2.57. The molecule has 1 unspecified atom stereocenters. The van der Waals surface area contributed by atoms with Crippen LogP contribution < -0.4 is 0 Å². The third kappa shape index (κ3) is 7.33. The van der Waals surface area contributed by atoms with Crippen LogP contribution >= 0.6 is 0 Å². The Morgan fingerprint density at radius 3 is 2.00 bits per heavy atom. The quantitative estimate of drug-likeness (QED) is 0.641. The van der Waals surface area contributed by atoms with Gasteiger partial charge in [0.15, 0.2) is 0 Å². The van der Waals surface area contributed by atoms with Crippen LogP contribution in [0.4, 0.5) is 0 Å². The number of carboxylic acid groups (broad SMARTS) is 1. The first-order chi connectivity index (χ1) is 7.11. The lowest BCUT2D eigenvalue weighted by molar-refractivity contribution is -0.141. The van der Waals surface area contributed by atoms with Gasteiger partial charge in [-0.1, -0.05) is 6.92 Å². The van der Waals surface area contributed by atoms with Gasteiger partial charge in [-0.25, -0.2) is 0 Å². The Morgan fingerprint density at radius 1 is 1.20 bits per heavy atom. The Hall–Kier alpha value is -0.610. The number of aliphatic carboxylic acids is 1. The van der Waals surface area contributed by atoms with E-state index in [1.54, 1.807) is 21.1 Å². The fraction of sp³-hybridized carbons (Fsp3) is 0.909. The second-order valence-electron chi connectivity index (χ2n) is 3.90. The molecular formula is C11H22O4. The molecule has 1 atom stereocenters. The molecule has 0 spiro atoms. The van der Waals surface area contributed by atoms with Crippen LogP contribution in [0, 0.1) is 11.8 Å². The SMILES string of the molecule is COCCC(CCOC)CC(C)C(=O)O. The van der Waals surface area contributed by atoms with Crippen molar-refractivity contribution in [3.63, 3.8) is 0 Å². The van der Waals surface area contributed by atoms with Crippen molar-refractivity contribution in [1.82, 2.24) is 0 Å². The molecule has 15 heavy (non-hydrogen) atoms. The molecule has 0 aromatic heterocycles. The van der Waals surface area contributed by atoms with Crippen molar-refractivity contribution in [2.75, 3.05) is 27.4 Å². The van der Waals surface area contributed by atoms with Crippen LogP contribution in [0.25, 0.3) is 0 Å². The number of hydrogen-bond donors (Lipinski definition) is 1. The van der Waals surface area contributed by atoms with Crippen molar-refractivity contribution in [1.29, 1.82) is 0 Å². The van der Waals surface area contributed by atoms with E-state index in [0.717, 1.165) is 12.8 Å². The highest BCUT2D eigenvalue weighted by molar-refractivity contribution is 5.69. The molecule has 0 bridgehead atoms. The Bertz CT molecular complexity index is 162. The fourth-order valence-electron chi connectivity index (χ4n) is 1.55. The minimum Gasteiger partial charge on any atom is -0.481 e. The number of methoxy groups -OCH3 is 2. The number of carbonyl (C=O) groups is 1. The maximum Gasteiger partial charge on any atom is 0.306 e. The molecule has 0 aliphatic carbocycles. The first-order valence-electron chi connectivity index (χ1n) is 5.32. The van der Waals surface area contributed by atoms with Gasteiger partial charge in [0.25, 0.3) is 0 Å². The predicted molar refractivity (Wildman–Crippen MR) is 57.9 cm³/mol. The van der Waals surface area contributed by atoms with Crippen LogP contribution in [0.3, 0.4) is 0 Å². The van der Waals surface area contributed by atoms with Crippen LogP contribution in [0.5, 0.6) is 0 Å². The lowest BCUT2D eigenvalue weighted by atomic mass is 9.91. The maximum absolute atomic E-state index is 10.7. The molecule has 0 aliphatic heterocycles. The summed E-state index contributed by atoms with van der Waals surface area (Å²) in [5.41, 5.74) is 0. The van der Waals surface area contributed by atoms with Gasteiger partial charge in [0.2, 0.25) is 0 Å². The topological polar surface area (TPSA) is 55.8 Å². The summed E-state index contributed by atoms with van der Waals surface area (Å²) >= 11 is 0. The zero-order valence-electron chi connectivity index (χ0n) is 9.86. The van der Waals surface area contributed by atoms with E-state index in [1.807, 2.05) is 0 Å². The molecule has 1 N–H and O–H groups in total. The molecule has 0 aromatic rings. The van der Waals surface area contributed by atoms with Crippen LogP contribution in [0.2, 0.25) is 0 Å². The van der Waals surface area contributed by atoms with Crippen LogP contribution in [0.1, 0.15) is 26.2 Å². The van der Waals surface area contributed by atoms with Gasteiger partial charge in [-0.15, -0.1) is 0 Å². The Morgan fingerprint density at radius 2 is 1.67 bits per heavy atom. The Labute approximate surface area is 91.6 Å². The zero-order valence-corrected chi connectivity index (χ0v) is 9.86. The molecule has 4 heteroatoms. The molecular weight excluding hydrogens is 196 g/mol. The highest BCUT2D eigenvalue weighted by atomic mass is 16.5. The summed E-state index contributed by atoms with van der Waals surface area (Å²) in [7, 11) is 3.32. The van der Waals surface area contributed by atoms with Crippen molar-refractivity contribution in [3.05, 3.63) is 0 Å². The van der Waals surface area contributed by atoms with Crippen molar-refractivity contribution in [2.24, 2.45) is 11.8 Å². The van der Waals surface area contributed by atoms with E-state index in [4.69, 9.17) is 14.6 Å². The summed E-state index contributed by atoms with van der Waals surface area (Å²) in [6, 6.07) is 0. The Balaban J connectivity index is 3.92. The standard InChI is InChI=1S/C11H22O4/c1-9(11(12)13)8-10(4-6-14-2)5-7-15-3/h9-10H,4-8H2,1-3H3,(H,12,13). The normalized spacial score (nSPS) is 13.1. The molecule has 4 nitrogen and oxygen atoms in total. The molecule has 0 rings (SSSR count). The number of carboxylic acids is 1. The van der Waals surface area contributed by atoms with Crippen molar-refractivity contribution in [3.8, 4) is 0 Å². The molecule has 0 aromatic carbocycles. The van der Waals surface area contributed by atoms with Crippen molar-refractivity contribution < 1.29 is 19.4 Å². The summed E-state index contributed by atoms with van der Waals surface area (Å²) < 4.78 is 10.0. The van der Waals surface area contributed by atoms with Crippen LogP contribution in [0.15, 0.2) is 0 Å². The van der Waals surface area contributed by atoms with Crippen molar-refractivity contribution >= 4 is 5.97 Å². The first-order valence-corrected chi connectivity index (χ1v) is 5.32. The average Bonchev–Trinajstić information content (AvgIpc) is 2.21. The van der Waals surface area contributed by atoms with Gasteiger partial charge in [0.05, 0.1) is 5.92 Å². The smallest absolute Gasteiger partial charge is 0.306 e. The second kappa shape index (κ2) is 8.68. The predicted octanol–water partition coefficient (Wildman–Crippen LogP) is 1.79. The summed E-state index contributed by atoms with van der Waals surface area (Å²) in [5.74, 6) is -0.644. The maximum atomic E-state index is 10.7. The molecule has 0 amide bonds.